The van der Waals surface area contributed by atoms with Crippen molar-refractivity contribution < 1.29 is 4.74 Å². The molecule has 3 fully saturated rings. The van der Waals surface area contributed by atoms with E-state index in [-0.39, 0.29) is 6.10 Å². The first-order valence-electron chi connectivity index (χ1n) is 11.5. The molecule has 1 unspecified atom stereocenters. The Hall–Kier alpha value is -1.47. The predicted octanol–water partition coefficient (Wildman–Crippen LogP) is 3.93. The van der Waals surface area contributed by atoms with Gasteiger partial charge in [0.05, 0.1) is 18.2 Å². The van der Waals surface area contributed by atoms with Crippen molar-refractivity contribution in [3.05, 3.63) is 29.0 Å². The van der Waals surface area contributed by atoms with Gasteiger partial charge in [0, 0.05) is 55.8 Å². The van der Waals surface area contributed by atoms with Gasteiger partial charge >= 0.3 is 0 Å². The van der Waals surface area contributed by atoms with E-state index in [4.69, 9.17) is 26.3 Å². The largest absolute Gasteiger partial charge is 0.376 e. The summed E-state index contributed by atoms with van der Waals surface area (Å²) in [5, 5.41) is 5.26. The number of nitrogens with one attached hydrogen (secondary N) is 1. The number of hydrogen-bond donors (Lipinski definition) is 1. The highest BCUT2D eigenvalue weighted by atomic mass is 35.5. The van der Waals surface area contributed by atoms with E-state index in [1.54, 1.807) is 0 Å². The predicted molar refractivity (Wildman–Crippen MR) is 121 cm³/mol. The van der Waals surface area contributed by atoms with Crippen LogP contribution in [-0.4, -0.2) is 71.2 Å². The zero-order valence-corrected chi connectivity index (χ0v) is 18.4. The molecule has 1 aliphatic carbocycles. The van der Waals surface area contributed by atoms with E-state index >= 15 is 0 Å². The molecule has 2 aliphatic heterocycles. The van der Waals surface area contributed by atoms with E-state index in [1.807, 2.05) is 18.2 Å². The number of ether oxygens (including phenoxy) is 1. The van der Waals surface area contributed by atoms with Gasteiger partial charge in [0.25, 0.3) is 0 Å². The molecule has 1 N–H and O–H groups in total. The van der Waals surface area contributed by atoms with Crippen LogP contribution >= 0.6 is 11.6 Å². The Morgan fingerprint density at radius 3 is 2.63 bits per heavy atom. The maximum atomic E-state index is 6.26. The molecular formula is C23H32ClN5O. The van der Waals surface area contributed by atoms with Crippen LogP contribution in [0.2, 0.25) is 5.02 Å². The number of nitrogens with zero attached hydrogens (tertiary/aromatic N) is 4. The van der Waals surface area contributed by atoms with Crippen LogP contribution in [0.4, 0.5) is 5.82 Å². The highest BCUT2D eigenvalue weighted by Gasteiger charge is 2.26. The number of halogens is 1. The summed E-state index contributed by atoms with van der Waals surface area (Å²) >= 11 is 6.26. The first kappa shape index (κ1) is 20.4. The molecule has 0 spiro atoms. The number of piperazine rings is 1. The lowest BCUT2D eigenvalue weighted by atomic mass is 10.2. The summed E-state index contributed by atoms with van der Waals surface area (Å²) in [6, 6.07) is 6.68. The monoisotopic (exact) mass is 429 g/mol. The summed E-state index contributed by atoms with van der Waals surface area (Å²) < 4.78 is 5.77. The number of anilines is 1. The van der Waals surface area contributed by atoms with Gasteiger partial charge < -0.3 is 10.1 Å². The molecule has 30 heavy (non-hydrogen) atoms. The Labute approximate surface area is 183 Å². The number of aromatic nitrogens is 2. The fraction of sp³-hybridized carbons (Fsp3) is 0.652. The molecule has 162 valence electrons. The van der Waals surface area contributed by atoms with E-state index in [2.05, 4.69) is 15.1 Å². The Balaban J connectivity index is 1.28. The van der Waals surface area contributed by atoms with Gasteiger partial charge in [0.15, 0.2) is 0 Å². The SMILES string of the molecule is Clc1ccc2c(NCC3CCCO3)nc(CN3CCN(C4CCCC4)CC3)nc2c1. The third-order valence-electron chi connectivity index (χ3n) is 6.84. The van der Waals surface area contributed by atoms with Crippen LogP contribution in [-0.2, 0) is 11.3 Å². The standard InChI is InChI=1S/C23H32ClN5O/c24-17-7-8-20-21(14-17)26-22(27-23(20)25-15-19-6-3-13-30-19)16-28-9-11-29(12-10-28)18-4-1-2-5-18/h7-8,14,18-19H,1-6,9-13,15-16H2,(H,25,26,27). The van der Waals surface area contributed by atoms with Crippen molar-refractivity contribution in [3.63, 3.8) is 0 Å². The fourth-order valence-corrected chi connectivity index (χ4v) is 5.29. The Bertz CT molecular complexity index is 858. The van der Waals surface area contributed by atoms with Gasteiger partial charge in [0.2, 0.25) is 0 Å². The minimum absolute atomic E-state index is 0.273. The van der Waals surface area contributed by atoms with Crippen LogP contribution in [0.1, 0.15) is 44.3 Å². The highest BCUT2D eigenvalue weighted by molar-refractivity contribution is 6.31. The lowest BCUT2D eigenvalue weighted by Gasteiger charge is -2.37. The molecule has 3 heterocycles. The second-order valence-corrected chi connectivity index (χ2v) is 9.35. The van der Waals surface area contributed by atoms with Crippen molar-refractivity contribution in [2.45, 2.75) is 57.2 Å². The zero-order valence-electron chi connectivity index (χ0n) is 17.7. The molecule has 7 heteroatoms. The van der Waals surface area contributed by atoms with Crippen LogP contribution in [0.15, 0.2) is 18.2 Å². The van der Waals surface area contributed by atoms with Crippen LogP contribution in [0.3, 0.4) is 0 Å². The number of benzene rings is 1. The fourth-order valence-electron chi connectivity index (χ4n) is 5.13. The van der Waals surface area contributed by atoms with Crippen molar-refractivity contribution in [3.8, 4) is 0 Å². The zero-order chi connectivity index (χ0) is 20.3. The van der Waals surface area contributed by atoms with Crippen LogP contribution in [0.25, 0.3) is 10.9 Å². The van der Waals surface area contributed by atoms with E-state index in [9.17, 15) is 0 Å². The number of hydrogen-bond acceptors (Lipinski definition) is 6. The summed E-state index contributed by atoms with van der Waals surface area (Å²) in [7, 11) is 0. The average Bonchev–Trinajstić information content (AvgIpc) is 3.46. The average molecular weight is 430 g/mol. The topological polar surface area (TPSA) is 53.5 Å². The quantitative estimate of drug-likeness (QED) is 0.750. The molecule has 2 aromatic rings. The van der Waals surface area contributed by atoms with Crippen molar-refractivity contribution >= 4 is 28.3 Å². The molecule has 1 aromatic carbocycles. The van der Waals surface area contributed by atoms with E-state index < -0.39 is 0 Å². The van der Waals surface area contributed by atoms with Crippen LogP contribution in [0.5, 0.6) is 0 Å². The molecule has 1 saturated carbocycles. The van der Waals surface area contributed by atoms with E-state index in [0.29, 0.717) is 5.02 Å². The molecule has 1 atom stereocenters. The molecule has 1 aromatic heterocycles. The second-order valence-electron chi connectivity index (χ2n) is 8.92. The lowest BCUT2D eigenvalue weighted by Crippen LogP contribution is -2.49. The van der Waals surface area contributed by atoms with E-state index in [0.717, 1.165) is 87.3 Å². The minimum Gasteiger partial charge on any atom is -0.376 e. The Morgan fingerprint density at radius 1 is 1.03 bits per heavy atom. The molecule has 0 radical (unpaired) electrons. The number of rotatable bonds is 6. The third-order valence-corrected chi connectivity index (χ3v) is 7.07. The maximum Gasteiger partial charge on any atom is 0.145 e. The molecule has 5 rings (SSSR count). The van der Waals surface area contributed by atoms with Gasteiger partial charge in [-0.1, -0.05) is 24.4 Å². The van der Waals surface area contributed by atoms with E-state index in [1.165, 1.54) is 25.7 Å². The lowest BCUT2D eigenvalue weighted by molar-refractivity contribution is 0.0922. The van der Waals surface area contributed by atoms with Gasteiger partial charge in [-0.05, 0) is 43.9 Å². The third kappa shape index (κ3) is 4.72. The molecule has 6 nitrogen and oxygen atoms in total. The molecule has 3 aliphatic rings. The molecule has 0 amide bonds. The molecule has 0 bridgehead atoms. The Kier molecular flexibility index (Phi) is 6.37. The summed E-state index contributed by atoms with van der Waals surface area (Å²) in [4.78, 5) is 14.9. The molecule has 2 saturated heterocycles. The van der Waals surface area contributed by atoms with Crippen molar-refractivity contribution in [1.82, 2.24) is 19.8 Å². The van der Waals surface area contributed by atoms with Crippen LogP contribution < -0.4 is 5.32 Å². The maximum absolute atomic E-state index is 6.26. The normalized spacial score (nSPS) is 24.1. The van der Waals surface area contributed by atoms with Gasteiger partial charge in [-0.3, -0.25) is 9.80 Å². The van der Waals surface area contributed by atoms with Crippen LogP contribution in [0, 0.1) is 0 Å². The van der Waals surface area contributed by atoms with Gasteiger partial charge in [-0.25, -0.2) is 9.97 Å². The minimum atomic E-state index is 0.273. The Morgan fingerprint density at radius 2 is 1.87 bits per heavy atom. The summed E-state index contributed by atoms with van der Waals surface area (Å²) in [5.74, 6) is 1.76. The molecular weight excluding hydrogens is 398 g/mol. The number of fused-ring (bicyclic) bond motifs is 1. The summed E-state index contributed by atoms with van der Waals surface area (Å²) in [6.07, 6.45) is 8.10. The van der Waals surface area contributed by atoms with Crippen molar-refractivity contribution in [1.29, 1.82) is 0 Å². The van der Waals surface area contributed by atoms with Gasteiger partial charge in [-0.2, -0.15) is 0 Å². The summed E-state index contributed by atoms with van der Waals surface area (Å²) in [5.41, 5.74) is 0.909. The second kappa shape index (κ2) is 9.35. The van der Waals surface area contributed by atoms with Gasteiger partial charge in [0.1, 0.15) is 11.6 Å². The highest BCUT2D eigenvalue weighted by Crippen LogP contribution is 2.26. The van der Waals surface area contributed by atoms with Crippen molar-refractivity contribution in [2.75, 3.05) is 44.6 Å². The smallest absolute Gasteiger partial charge is 0.145 e. The van der Waals surface area contributed by atoms with Gasteiger partial charge in [-0.15, -0.1) is 0 Å². The summed E-state index contributed by atoms with van der Waals surface area (Å²) in [6.45, 7) is 6.94. The van der Waals surface area contributed by atoms with Crippen molar-refractivity contribution in [2.24, 2.45) is 0 Å². The first-order valence-corrected chi connectivity index (χ1v) is 11.9. The first-order chi connectivity index (χ1) is 14.7.